The maximum Gasteiger partial charge on any atom is 0.0566 e. The van der Waals surface area contributed by atoms with Crippen LogP contribution in [-0.4, -0.2) is 11.2 Å². The first-order valence-corrected chi connectivity index (χ1v) is 5.65. The van der Waals surface area contributed by atoms with E-state index in [2.05, 4.69) is 34.6 Å². The molecule has 0 aliphatic carbocycles. The fourth-order valence-electron chi connectivity index (χ4n) is 1.95. The van der Waals surface area contributed by atoms with Crippen LogP contribution >= 0.6 is 0 Å². The fourth-order valence-corrected chi connectivity index (χ4v) is 1.95. The second kappa shape index (κ2) is 6.42. The Labute approximate surface area is 83.5 Å². The highest BCUT2D eigenvalue weighted by Gasteiger charge is 2.19. The molecule has 0 aliphatic rings. The number of rotatable bonds is 6. The molecule has 0 rings (SSSR count). The first-order chi connectivity index (χ1) is 5.97. The molecule has 80 valence electrons. The Morgan fingerprint density at radius 1 is 0.923 bits per heavy atom. The number of aliphatic hydroxyl groups excluding tert-OH is 1. The highest BCUT2D eigenvalue weighted by molar-refractivity contribution is 4.70. The van der Waals surface area contributed by atoms with Gasteiger partial charge in [-0.3, -0.25) is 0 Å². The van der Waals surface area contributed by atoms with Gasteiger partial charge in [-0.25, -0.2) is 0 Å². The second-order valence-electron chi connectivity index (χ2n) is 4.99. The topological polar surface area (TPSA) is 20.2 Å². The zero-order chi connectivity index (χ0) is 10.4. The fraction of sp³-hybridized carbons (Fsp3) is 1.00. The van der Waals surface area contributed by atoms with E-state index in [4.69, 9.17) is 0 Å². The van der Waals surface area contributed by atoms with Crippen LogP contribution in [0.2, 0.25) is 0 Å². The van der Waals surface area contributed by atoms with Gasteiger partial charge >= 0.3 is 0 Å². The molecule has 1 unspecified atom stereocenters. The van der Waals surface area contributed by atoms with Crippen LogP contribution in [0.15, 0.2) is 0 Å². The number of aliphatic hydroxyl groups is 1. The summed E-state index contributed by atoms with van der Waals surface area (Å²) in [7, 11) is 0. The predicted molar refractivity (Wildman–Crippen MR) is 58.7 cm³/mol. The normalized spacial score (nSPS) is 14.5. The Balaban J connectivity index is 4.02. The van der Waals surface area contributed by atoms with Crippen LogP contribution in [-0.2, 0) is 0 Å². The van der Waals surface area contributed by atoms with Gasteiger partial charge in [-0.05, 0) is 37.0 Å². The van der Waals surface area contributed by atoms with Crippen LogP contribution in [0.4, 0.5) is 0 Å². The molecule has 0 spiro atoms. The van der Waals surface area contributed by atoms with Gasteiger partial charge in [-0.2, -0.15) is 0 Å². The molecule has 0 saturated heterocycles. The summed E-state index contributed by atoms with van der Waals surface area (Å²) in [5, 5.41) is 9.82. The average molecular weight is 186 g/mol. The highest BCUT2D eigenvalue weighted by Crippen LogP contribution is 2.24. The van der Waals surface area contributed by atoms with Crippen molar-refractivity contribution in [3.63, 3.8) is 0 Å². The highest BCUT2D eigenvalue weighted by atomic mass is 16.3. The molecule has 1 N–H and O–H groups in total. The van der Waals surface area contributed by atoms with Crippen LogP contribution in [0.5, 0.6) is 0 Å². The molecule has 1 nitrogen and oxygen atoms in total. The first-order valence-electron chi connectivity index (χ1n) is 5.65. The van der Waals surface area contributed by atoms with Crippen LogP contribution < -0.4 is 0 Å². The Morgan fingerprint density at radius 3 is 1.54 bits per heavy atom. The molecule has 0 amide bonds. The minimum absolute atomic E-state index is 0.0928. The summed E-state index contributed by atoms with van der Waals surface area (Å²) in [6.45, 7) is 11.0. The van der Waals surface area contributed by atoms with Crippen molar-refractivity contribution in [3.8, 4) is 0 Å². The van der Waals surface area contributed by atoms with Crippen LogP contribution in [0.3, 0.4) is 0 Å². The molecule has 0 aromatic heterocycles. The third-order valence-electron chi connectivity index (χ3n) is 2.51. The van der Waals surface area contributed by atoms with E-state index in [0.29, 0.717) is 17.8 Å². The van der Waals surface area contributed by atoms with Gasteiger partial charge in [0.15, 0.2) is 0 Å². The van der Waals surface area contributed by atoms with Crippen molar-refractivity contribution < 1.29 is 5.11 Å². The lowest BCUT2D eigenvalue weighted by atomic mass is 9.84. The zero-order valence-corrected chi connectivity index (χ0v) is 9.88. The maximum atomic E-state index is 9.82. The summed E-state index contributed by atoms with van der Waals surface area (Å²) in [5.41, 5.74) is 0. The van der Waals surface area contributed by atoms with E-state index in [-0.39, 0.29) is 6.10 Å². The molecular formula is C12H26O. The molecule has 0 fully saturated rings. The summed E-state index contributed by atoms with van der Waals surface area (Å²) < 4.78 is 0. The minimum Gasteiger partial charge on any atom is -0.393 e. The van der Waals surface area contributed by atoms with Gasteiger partial charge in [-0.15, -0.1) is 0 Å². The SMILES string of the molecule is CCC(O)C(CC(C)C)CC(C)C. The van der Waals surface area contributed by atoms with E-state index in [1.165, 1.54) is 0 Å². The number of hydrogen-bond donors (Lipinski definition) is 1. The molecule has 0 radical (unpaired) electrons. The van der Waals surface area contributed by atoms with E-state index in [0.717, 1.165) is 19.3 Å². The summed E-state index contributed by atoms with van der Waals surface area (Å²) in [4.78, 5) is 0. The maximum absolute atomic E-state index is 9.82. The van der Waals surface area contributed by atoms with Crippen molar-refractivity contribution in [2.24, 2.45) is 17.8 Å². The van der Waals surface area contributed by atoms with Crippen LogP contribution in [0.25, 0.3) is 0 Å². The molecule has 0 saturated carbocycles. The van der Waals surface area contributed by atoms with Crippen molar-refractivity contribution >= 4 is 0 Å². The standard InChI is InChI=1S/C12H26O/c1-6-12(13)11(7-9(2)3)8-10(4)5/h9-13H,6-8H2,1-5H3. The van der Waals surface area contributed by atoms with E-state index in [9.17, 15) is 5.11 Å². The summed E-state index contributed by atoms with van der Waals surface area (Å²) in [6, 6.07) is 0. The van der Waals surface area contributed by atoms with Gasteiger partial charge < -0.3 is 5.11 Å². The molecule has 0 heterocycles. The van der Waals surface area contributed by atoms with Crippen LogP contribution in [0, 0.1) is 17.8 Å². The Kier molecular flexibility index (Phi) is 6.40. The van der Waals surface area contributed by atoms with E-state index in [1.807, 2.05) is 0 Å². The minimum atomic E-state index is -0.0928. The molecule has 13 heavy (non-hydrogen) atoms. The van der Waals surface area contributed by atoms with E-state index in [1.54, 1.807) is 0 Å². The van der Waals surface area contributed by atoms with Crippen molar-refractivity contribution in [1.29, 1.82) is 0 Å². The smallest absolute Gasteiger partial charge is 0.0566 e. The van der Waals surface area contributed by atoms with Gasteiger partial charge in [0.25, 0.3) is 0 Å². The van der Waals surface area contributed by atoms with Crippen molar-refractivity contribution in [2.75, 3.05) is 0 Å². The summed E-state index contributed by atoms with van der Waals surface area (Å²) in [5.74, 6) is 1.90. The van der Waals surface area contributed by atoms with E-state index >= 15 is 0 Å². The molecular weight excluding hydrogens is 160 g/mol. The molecule has 1 heteroatoms. The molecule has 0 bridgehead atoms. The van der Waals surface area contributed by atoms with Crippen molar-refractivity contribution in [2.45, 2.75) is 60.0 Å². The molecule has 0 aromatic rings. The van der Waals surface area contributed by atoms with Crippen molar-refractivity contribution in [1.82, 2.24) is 0 Å². The van der Waals surface area contributed by atoms with E-state index < -0.39 is 0 Å². The van der Waals surface area contributed by atoms with Gasteiger partial charge in [0.05, 0.1) is 6.10 Å². The van der Waals surface area contributed by atoms with Gasteiger partial charge in [0, 0.05) is 0 Å². The largest absolute Gasteiger partial charge is 0.393 e. The molecule has 0 aromatic carbocycles. The molecule has 0 aliphatic heterocycles. The lowest BCUT2D eigenvalue weighted by Gasteiger charge is -2.25. The lowest BCUT2D eigenvalue weighted by molar-refractivity contribution is 0.0788. The Morgan fingerprint density at radius 2 is 1.31 bits per heavy atom. The second-order valence-corrected chi connectivity index (χ2v) is 4.99. The number of hydrogen-bond acceptors (Lipinski definition) is 1. The first kappa shape index (κ1) is 13.0. The average Bonchev–Trinajstić information content (AvgIpc) is 2.00. The lowest BCUT2D eigenvalue weighted by Crippen LogP contribution is -2.22. The monoisotopic (exact) mass is 186 g/mol. The Bertz CT molecular complexity index is 108. The quantitative estimate of drug-likeness (QED) is 0.673. The summed E-state index contributed by atoms with van der Waals surface area (Å²) >= 11 is 0. The van der Waals surface area contributed by atoms with Crippen LogP contribution in [0.1, 0.15) is 53.9 Å². The van der Waals surface area contributed by atoms with Gasteiger partial charge in [0.1, 0.15) is 0 Å². The zero-order valence-electron chi connectivity index (χ0n) is 9.88. The molecule has 1 atom stereocenters. The van der Waals surface area contributed by atoms with Gasteiger partial charge in [-0.1, -0.05) is 34.6 Å². The third-order valence-corrected chi connectivity index (χ3v) is 2.51. The van der Waals surface area contributed by atoms with Gasteiger partial charge in [0.2, 0.25) is 0 Å². The Hall–Kier alpha value is -0.0400. The van der Waals surface area contributed by atoms with Crippen molar-refractivity contribution in [3.05, 3.63) is 0 Å². The predicted octanol–water partition coefficient (Wildman–Crippen LogP) is 3.47. The summed E-state index contributed by atoms with van der Waals surface area (Å²) in [6.07, 6.45) is 3.12. The third kappa shape index (κ3) is 6.09.